The van der Waals surface area contributed by atoms with Gasteiger partial charge < -0.3 is 5.32 Å². The van der Waals surface area contributed by atoms with Crippen molar-refractivity contribution in [3.63, 3.8) is 0 Å². The van der Waals surface area contributed by atoms with Crippen LogP contribution in [0.15, 0.2) is 24.3 Å². The van der Waals surface area contributed by atoms with Crippen molar-refractivity contribution in [2.24, 2.45) is 11.8 Å². The first-order valence-corrected chi connectivity index (χ1v) is 7.25. The summed E-state index contributed by atoms with van der Waals surface area (Å²) in [6.45, 7) is 0. The zero-order valence-electron chi connectivity index (χ0n) is 11.1. The Morgan fingerprint density at radius 1 is 1.26 bits per heavy atom. The number of benzene rings is 1. The topological polar surface area (TPSA) is 29.1 Å². The standard InChI is InChI=1S/C16H20FNO/c17-14-4-2-1-3-12(14)7-8-16(19)18-15-10-11-5-6-13(15)9-11/h1-4,11,13,15H,5-10H2,(H,18,19)/t11-,13-,15+/m0/s1. The molecule has 0 aromatic heterocycles. The van der Waals surface area contributed by atoms with E-state index < -0.39 is 0 Å². The minimum absolute atomic E-state index is 0.0702. The molecule has 0 radical (unpaired) electrons. The van der Waals surface area contributed by atoms with Crippen LogP contribution in [0.25, 0.3) is 0 Å². The van der Waals surface area contributed by atoms with E-state index in [2.05, 4.69) is 5.32 Å². The van der Waals surface area contributed by atoms with E-state index in [-0.39, 0.29) is 11.7 Å². The van der Waals surface area contributed by atoms with Crippen LogP contribution in [0.5, 0.6) is 0 Å². The van der Waals surface area contributed by atoms with Gasteiger partial charge in [-0.25, -0.2) is 4.39 Å². The molecule has 2 fully saturated rings. The van der Waals surface area contributed by atoms with Gasteiger partial charge in [-0.15, -0.1) is 0 Å². The second-order valence-electron chi connectivity index (χ2n) is 5.94. The van der Waals surface area contributed by atoms with Crippen LogP contribution in [0.1, 0.15) is 37.7 Å². The molecule has 102 valence electrons. The van der Waals surface area contributed by atoms with E-state index in [4.69, 9.17) is 0 Å². The van der Waals surface area contributed by atoms with Crippen molar-refractivity contribution in [1.82, 2.24) is 5.32 Å². The van der Waals surface area contributed by atoms with Crippen molar-refractivity contribution in [3.8, 4) is 0 Å². The Labute approximate surface area is 113 Å². The number of hydrogen-bond acceptors (Lipinski definition) is 1. The number of aryl methyl sites for hydroxylation is 1. The summed E-state index contributed by atoms with van der Waals surface area (Å²) in [5, 5.41) is 3.14. The zero-order valence-corrected chi connectivity index (χ0v) is 11.1. The minimum atomic E-state index is -0.213. The number of carbonyl (C=O) groups is 1. The fraction of sp³-hybridized carbons (Fsp3) is 0.562. The summed E-state index contributed by atoms with van der Waals surface area (Å²) < 4.78 is 13.4. The Balaban J connectivity index is 1.48. The number of hydrogen-bond donors (Lipinski definition) is 1. The van der Waals surface area contributed by atoms with Gasteiger partial charge in [0.2, 0.25) is 5.91 Å². The molecular weight excluding hydrogens is 241 g/mol. The van der Waals surface area contributed by atoms with Crippen molar-refractivity contribution >= 4 is 5.91 Å². The smallest absolute Gasteiger partial charge is 0.220 e. The van der Waals surface area contributed by atoms with Gasteiger partial charge in [0.1, 0.15) is 5.82 Å². The lowest BCUT2D eigenvalue weighted by atomic mass is 9.95. The predicted molar refractivity (Wildman–Crippen MR) is 72.1 cm³/mol. The number of halogens is 1. The Morgan fingerprint density at radius 2 is 2.11 bits per heavy atom. The highest BCUT2D eigenvalue weighted by atomic mass is 19.1. The van der Waals surface area contributed by atoms with Crippen molar-refractivity contribution in [2.75, 3.05) is 0 Å². The van der Waals surface area contributed by atoms with E-state index in [0.29, 0.717) is 30.4 Å². The summed E-state index contributed by atoms with van der Waals surface area (Å²) >= 11 is 0. The fourth-order valence-electron chi connectivity index (χ4n) is 3.65. The monoisotopic (exact) mass is 261 g/mol. The third-order valence-electron chi connectivity index (χ3n) is 4.66. The molecule has 2 nitrogen and oxygen atoms in total. The molecule has 1 N–H and O–H groups in total. The number of fused-ring (bicyclic) bond motifs is 2. The summed E-state index contributed by atoms with van der Waals surface area (Å²) in [6.07, 6.45) is 5.91. The molecule has 2 aliphatic rings. The first-order valence-electron chi connectivity index (χ1n) is 7.25. The second-order valence-corrected chi connectivity index (χ2v) is 5.94. The lowest BCUT2D eigenvalue weighted by Crippen LogP contribution is -2.38. The maximum absolute atomic E-state index is 13.4. The highest BCUT2D eigenvalue weighted by Gasteiger charge is 2.39. The largest absolute Gasteiger partial charge is 0.353 e. The molecule has 3 heteroatoms. The van der Waals surface area contributed by atoms with Crippen LogP contribution in [0.4, 0.5) is 4.39 Å². The quantitative estimate of drug-likeness (QED) is 0.886. The molecule has 2 bridgehead atoms. The Hall–Kier alpha value is -1.38. The SMILES string of the molecule is O=C(CCc1ccccc1F)N[C@@H]1C[C@H]2CC[C@H]1C2. The predicted octanol–water partition coefficient (Wildman–Crippen LogP) is 3.06. The van der Waals surface area contributed by atoms with Crippen LogP contribution in [0.2, 0.25) is 0 Å². The third-order valence-corrected chi connectivity index (χ3v) is 4.66. The van der Waals surface area contributed by atoms with Gasteiger partial charge in [-0.1, -0.05) is 24.6 Å². The van der Waals surface area contributed by atoms with Crippen LogP contribution < -0.4 is 5.32 Å². The van der Waals surface area contributed by atoms with Crippen molar-refractivity contribution in [1.29, 1.82) is 0 Å². The Kier molecular flexibility index (Phi) is 3.54. The second kappa shape index (κ2) is 5.32. The molecule has 0 unspecified atom stereocenters. The molecule has 2 aliphatic carbocycles. The molecule has 0 aliphatic heterocycles. The van der Waals surface area contributed by atoms with Gasteiger partial charge in [-0.3, -0.25) is 4.79 Å². The van der Waals surface area contributed by atoms with Crippen molar-refractivity contribution in [3.05, 3.63) is 35.6 Å². The lowest BCUT2D eigenvalue weighted by molar-refractivity contribution is -0.122. The van der Waals surface area contributed by atoms with Gasteiger partial charge in [-0.05, 0) is 49.1 Å². The molecule has 2 saturated carbocycles. The van der Waals surface area contributed by atoms with E-state index in [1.165, 1.54) is 25.3 Å². The van der Waals surface area contributed by atoms with Crippen LogP contribution in [0.3, 0.4) is 0 Å². The third kappa shape index (κ3) is 2.80. The van der Waals surface area contributed by atoms with Gasteiger partial charge in [0.05, 0.1) is 0 Å². The summed E-state index contributed by atoms with van der Waals surface area (Å²) in [6, 6.07) is 7.07. The summed E-state index contributed by atoms with van der Waals surface area (Å²) in [5.74, 6) is 1.39. The number of nitrogens with one attached hydrogen (secondary N) is 1. The van der Waals surface area contributed by atoms with Crippen molar-refractivity contribution < 1.29 is 9.18 Å². The van der Waals surface area contributed by atoms with Gasteiger partial charge in [0, 0.05) is 12.5 Å². The molecule has 19 heavy (non-hydrogen) atoms. The van der Waals surface area contributed by atoms with Gasteiger partial charge in [-0.2, -0.15) is 0 Å². The van der Waals surface area contributed by atoms with E-state index in [9.17, 15) is 9.18 Å². The van der Waals surface area contributed by atoms with E-state index in [1.54, 1.807) is 12.1 Å². The van der Waals surface area contributed by atoms with Crippen LogP contribution in [-0.4, -0.2) is 11.9 Å². The molecule has 0 saturated heterocycles. The molecule has 3 atom stereocenters. The molecule has 1 amide bonds. The first kappa shape index (κ1) is 12.6. The molecule has 1 aromatic rings. The minimum Gasteiger partial charge on any atom is -0.353 e. The average Bonchev–Trinajstić information content (AvgIpc) is 3.00. The van der Waals surface area contributed by atoms with E-state index >= 15 is 0 Å². The number of amides is 1. The highest BCUT2D eigenvalue weighted by molar-refractivity contribution is 5.76. The summed E-state index contributed by atoms with van der Waals surface area (Å²) in [7, 11) is 0. The average molecular weight is 261 g/mol. The first-order chi connectivity index (χ1) is 9.22. The number of rotatable bonds is 4. The lowest BCUT2D eigenvalue weighted by Gasteiger charge is -2.22. The summed E-state index contributed by atoms with van der Waals surface area (Å²) in [4.78, 5) is 11.9. The van der Waals surface area contributed by atoms with E-state index in [0.717, 1.165) is 12.3 Å². The van der Waals surface area contributed by atoms with Crippen LogP contribution >= 0.6 is 0 Å². The molecule has 3 rings (SSSR count). The van der Waals surface area contributed by atoms with Gasteiger partial charge >= 0.3 is 0 Å². The maximum Gasteiger partial charge on any atom is 0.220 e. The van der Waals surface area contributed by atoms with Crippen molar-refractivity contribution in [2.45, 2.75) is 44.6 Å². The van der Waals surface area contributed by atoms with E-state index in [1.807, 2.05) is 6.07 Å². The number of carbonyl (C=O) groups excluding carboxylic acids is 1. The fourth-order valence-corrected chi connectivity index (χ4v) is 3.65. The highest BCUT2D eigenvalue weighted by Crippen LogP contribution is 2.44. The normalized spacial score (nSPS) is 28.6. The van der Waals surface area contributed by atoms with Crippen LogP contribution in [-0.2, 0) is 11.2 Å². The van der Waals surface area contributed by atoms with Gasteiger partial charge in [0.25, 0.3) is 0 Å². The Bertz CT molecular complexity index is 474. The molecule has 0 spiro atoms. The molecule has 0 heterocycles. The molecule has 1 aromatic carbocycles. The maximum atomic E-state index is 13.4. The molecular formula is C16H20FNO. The zero-order chi connectivity index (χ0) is 13.2. The Morgan fingerprint density at radius 3 is 2.79 bits per heavy atom. The van der Waals surface area contributed by atoms with Gasteiger partial charge in [0.15, 0.2) is 0 Å². The summed E-state index contributed by atoms with van der Waals surface area (Å²) in [5.41, 5.74) is 0.630. The van der Waals surface area contributed by atoms with Crippen LogP contribution in [0, 0.1) is 17.7 Å².